The average Bonchev–Trinajstić information content (AvgIpc) is 2.36. The predicted molar refractivity (Wildman–Crippen MR) is 69.9 cm³/mol. The lowest BCUT2D eigenvalue weighted by Crippen LogP contribution is -2.28. The summed E-state index contributed by atoms with van der Waals surface area (Å²) >= 11 is 0. The Morgan fingerprint density at radius 2 is 1.78 bits per heavy atom. The first-order valence-electron chi connectivity index (χ1n) is 6.54. The Balaban J connectivity index is 2.34. The van der Waals surface area contributed by atoms with E-state index in [0.717, 1.165) is 34.8 Å². The van der Waals surface area contributed by atoms with E-state index in [1.165, 1.54) is 0 Å². The van der Waals surface area contributed by atoms with Crippen molar-refractivity contribution < 1.29 is 4.43 Å². The topological polar surface area (TPSA) is 51.0 Å². The second-order valence-corrected chi connectivity index (χ2v) is 4.89. The third kappa shape index (κ3) is 1.68. The summed E-state index contributed by atoms with van der Waals surface area (Å²) < 4.78 is 1.93. The minimum absolute atomic E-state index is 0.479. The molecule has 94 valence electrons. The molecule has 2 aromatic rings. The van der Waals surface area contributed by atoms with Crippen molar-refractivity contribution in [2.75, 3.05) is 0 Å². The number of nitrogens with zero attached hydrogens (tertiary/aromatic N) is 2. The summed E-state index contributed by atoms with van der Waals surface area (Å²) in [6.07, 6.45) is 5.70. The van der Waals surface area contributed by atoms with Gasteiger partial charge < -0.3 is 9.94 Å². The van der Waals surface area contributed by atoms with Gasteiger partial charge in [-0.2, -0.15) is 0 Å². The van der Waals surface area contributed by atoms with Crippen LogP contribution in [0.3, 0.4) is 0 Å². The zero-order valence-electron chi connectivity index (χ0n) is 10.3. The van der Waals surface area contributed by atoms with E-state index >= 15 is 0 Å². The Morgan fingerprint density at radius 3 is 2.61 bits per heavy atom. The Hall–Kier alpha value is -1.84. The summed E-state index contributed by atoms with van der Waals surface area (Å²) in [5.41, 5.74) is 2.30. The number of fused-ring (bicyclic) bond motifs is 2. The molecule has 0 aliphatic heterocycles. The van der Waals surface area contributed by atoms with Gasteiger partial charge in [0, 0.05) is 17.4 Å². The van der Waals surface area contributed by atoms with Gasteiger partial charge in [-0.3, -0.25) is 0 Å². The van der Waals surface area contributed by atoms with Crippen molar-refractivity contribution in [3.05, 3.63) is 45.8 Å². The van der Waals surface area contributed by atoms with Gasteiger partial charge in [-0.25, -0.2) is 0 Å². The van der Waals surface area contributed by atoms with E-state index in [-0.39, 0.29) is 0 Å². The fourth-order valence-corrected chi connectivity index (χ4v) is 2.76. The van der Waals surface area contributed by atoms with Gasteiger partial charge in [-0.15, -0.1) is 0 Å². The van der Waals surface area contributed by atoms with Crippen LogP contribution in [-0.2, 0) is 12.8 Å². The van der Waals surface area contributed by atoms with Crippen LogP contribution in [-0.4, -0.2) is 4.73 Å². The second kappa shape index (κ2) is 4.44. The molecule has 1 aromatic heterocycles. The SMILES string of the molecule is O=[n+]1c2c(n([O-])c3ccccc31)CCCCCC2. The van der Waals surface area contributed by atoms with Crippen LogP contribution in [0.15, 0.2) is 24.3 Å². The number of para-hydroxylation sites is 2. The van der Waals surface area contributed by atoms with Gasteiger partial charge in [-0.05, 0) is 25.3 Å². The highest BCUT2D eigenvalue weighted by molar-refractivity contribution is 5.72. The Morgan fingerprint density at radius 1 is 1.06 bits per heavy atom. The minimum Gasteiger partial charge on any atom is -0.805 e. The van der Waals surface area contributed by atoms with Crippen molar-refractivity contribution >= 4 is 11.0 Å². The standard InChI is InChI=1S/C14H16N2O2/c17-15-11-7-3-1-2-4-8-12(11)16(18)14-10-6-5-9-13(14)15/h5-6,9-10H,1-4,7-8H2. The van der Waals surface area contributed by atoms with Crippen LogP contribution in [0.1, 0.15) is 37.1 Å². The quantitative estimate of drug-likeness (QED) is 0.669. The largest absolute Gasteiger partial charge is 0.805 e. The molecule has 0 bridgehead atoms. The first kappa shape index (κ1) is 11.3. The molecule has 18 heavy (non-hydrogen) atoms. The van der Waals surface area contributed by atoms with Crippen molar-refractivity contribution in [1.29, 1.82) is 0 Å². The molecule has 4 heteroatoms. The maximum absolute atomic E-state index is 12.4. The van der Waals surface area contributed by atoms with Crippen LogP contribution in [0.2, 0.25) is 0 Å². The first-order chi connectivity index (χ1) is 8.79. The third-order valence-corrected chi connectivity index (χ3v) is 3.72. The number of benzene rings is 1. The highest BCUT2D eigenvalue weighted by Gasteiger charge is 2.22. The molecule has 0 saturated heterocycles. The minimum atomic E-state index is 0.479. The Bertz CT molecular complexity index is 646. The van der Waals surface area contributed by atoms with Gasteiger partial charge in [0.2, 0.25) is 0 Å². The van der Waals surface area contributed by atoms with E-state index in [9.17, 15) is 10.1 Å². The summed E-state index contributed by atoms with van der Waals surface area (Å²) in [5, 5.41) is 12.4. The monoisotopic (exact) mass is 244 g/mol. The van der Waals surface area contributed by atoms with Crippen LogP contribution in [0.4, 0.5) is 0 Å². The first-order valence-corrected chi connectivity index (χ1v) is 6.54. The third-order valence-electron chi connectivity index (χ3n) is 3.72. The summed E-state index contributed by atoms with van der Waals surface area (Å²) in [6.45, 7) is 0. The summed E-state index contributed by atoms with van der Waals surface area (Å²) in [4.78, 5) is 12.4. The normalized spacial score (nSPS) is 16.0. The molecule has 0 atom stereocenters. The molecule has 0 amide bonds. The van der Waals surface area contributed by atoms with Crippen LogP contribution < -0.4 is 4.43 Å². The molecule has 0 unspecified atom stereocenters. The summed E-state index contributed by atoms with van der Waals surface area (Å²) in [7, 11) is 0. The molecular weight excluding hydrogens is 228 g/mol. The second-order valence-electron chi connectivity index (χ2n) is 4.89. The molecule has 4 nitrogen and oxygen atoms in total. The van der Waals surface area contributed by atoms with Gasteiger partial charge in [0.15, 0.2) is 0 Å². The molecule has 0 N–H and O–H groups in total. The number of hydrogen-bond acceptors (Lipinski definition) is 2. The van der Waals surface area contributed by atoms with Crippen molar-refractivity contribution in [3.8, 4) is 0 Å². The van der Waals surface area contributed by atoms with E-state index in [4.69, 9.17) is 0 Å². The summed E-state index contributed by atoms with van der Waals surface area (Å²) in [6, 6.07) is 7.03. The zero-order chi connectivity index (χ0) is 12.5. The van der Waals surface area contributed by atoms with Crippen LogP contribution in [0, 0.1) is 10.1 Å². The van der Waals surface area contributed by atoms with Gasteiger partial charge >= 0.3 is 0 Å². The smallest absolute Gasteiger partial charge is 0.286 e. The lowest BCUT2D eigenvalue weighted by molar-refractivity contribution is -0.476. The molecule has 0 spiro atoms. The highest BCUT2D eigenvalue weighted by Crippen LogP contribution is 2.20. The molecule has 0 saturated carbocycles. The van der Waals surface area contributed by atoms with Crippen molar-refractivity contribution in [2.24, 2.45) is 0 Å². The molecule has 0 radical (unpaired) electrons. The molecule has 1 aliphatic rings. The van der Waals surface area contributed by atoms with Gasteiger partial charge in [0.1, 0.15) is 5.52 Å². The van der Waals surface area contributed by atoms with E-state index in [1.54, 1.807) is 24.3 Å². The van der Waals surface area contributed by atoms with Gasteiger partial charge in [0.25, 0.3) is 11.2 Å². The van der Waals surface area contributed by atoms with Crippen molar-refractivity contribution in [1.82, 2.24) is 4.73 Å². The fourth-order valence-electron chi connectivity index (χ4n) is 2.76. The molecular formula is C14H16N2O2. The van der Waals surface area contributed by atoms with E-state index in [0.29, 0.717) is 35.3 Å². The molecule has 1 heterocycles. The lowest BCUT2D eigenvalue weighted by Gasteiger charge is -2.20. The molecule has 1 aromatic carbocycles. The Labute approximate surface area is 105 Å². The van der Waals surface area contributed by atoms with Crippen LogP contribution in [0.25, 0.3) is 11.0 Å². The Kier molecular flexibility index (Phi) is 2.78. The lowest BCUT2D eigenvalue weighted by atomic mass is 10.0. The number of aromatic nitrogens is 2. The number of hydrogen-bond donors (Lipinski definition) is 0. The van der Waals surface area contributed by atoms with E-state index < -0.39 is 0 Å². The molecule has 0 fully saturated rings. The molecule has 1 aliphatic carbocycles. The fraction of sp³-hybridized carbons (Fsp3) is 0.429. The zero-order valence-corrected chi connectivity index (χ0v) is 10.3. The highest BCUT2D eigenvalue weighted by atomic mass is 16.5. The maximum Gasteiger partial charge on any atom is 0.286 e. The summed E-state index contributed by atoms with van der Waals surface area (Å²) in [5.74, 6) is 0. The van der Waals surface area contributed by atoms with Crippen LogP contribution >= 0.6 is 0 Å². The number of rotatable bonds is 0. The van der Waals surface area contributed by atoms with Gasteiger partial charge in [-0.1, -0.05) is 25.0 Å². The average molecular weight is 244 g/mol. The molecule has 3 rings (SSSR count). The van der Waals surface area contributed by atoms with Crippen molar-refractivity contribution in [3.63, 3.8) is 0 Å². The van der Waals surface area contributed by atoms with Crippen molar-refractivity contribution in [2.45, 2.75) is 38.5 Å². The van der Waals surface area contributed by atoms with E-state index in [2.05, 4.69) is 0 Å². The van der Waals surface area contributed by atoms with E-state index in [1.807, 2.05) is 0 Å². The predicted octanol–water partition coefficient (Wildman–Crippen LogP) is 2.56. The maximum atomic E-state index is 12.4. The van der Waals surface area contributed by atoms with Crippen LogP contribution in [0.5, 0.6) is 0 Å². The van der Waals surface area contributed by atoms with Gasteiger partial charge in [0.05, 0.1) is 10.1 Å².